The Kier molecular flexibility index (Phi) is 2.05. The largest absolute Gasteiger partial charge is 0.393 e. The summed E-state index contributed by atoms with van der Waals surface area (Å²) >= 11 is 0. The minimum atomic E-state index is -0.104. The molecular weight excluding hydrogens is 154 g/mol. The molecule has 0 bridgehead atoms. The molecule has 2 aliphatic carbocycles. The summed E-state index contributed by atoms with van der Waals surface area (Å²) in [7, 11) is 0. The van der Waals surface area contributed by atoms with Gasteiger partial charge in [0, 0.05) is 12.5 Å². The molecule has 1 amide bonds. The SMILES string of the molecule is O=C(NCC1CC(O)C1)C1CC1. The molecule has 0 heterocycles. The molecule has 0 atom stereocenters. The summed E-state index contributed by atoms with van der Waals surface area (Å²) in [5.41, 5.74) is 0. The summed E-state index contributed by atoms with van der Waals surface area (Å²) in [6, 6.07) is 0. The predicted molar refractivity (Wildman–Crippen MR) is 44.5 cm³/mol. The van der Waals surface area contributed by atoms with Crippen LogP contribution in [0.15, 0.2) is 0 Å². The highest BCUT2D eigenvalue weighted by atomic mass is 16.3. The van der Waals surface area contributed by atoms with Gasteiger partial charge in [-0.15, -0.1) is 0 Å². The van der Waals surface area contributed by atoms with E-state index in [0.29, 0.717) is 11.8 Å². The number of carbonyl (C=O) groups excluding carboxylic acids is 1. The molecule has 3 heteroatoms. The number of hydrogen-bond donors (Lipinski definition) is 2. The zero-order valence-electron chi connectivity index (χ0n) is 7.12. The molecule has 0 aromatic carbocycles. The minimum absolute atomic E-state index is 0.104. The van der Waals surface area contributed by atoms with Crippen LogP contribution in [0.3, 0.4) is 0 Å². The fourth-order valence-electron chi connectivity index (χ4n) is 1.60. The van der Waals surface area contributed by atoms with Gasteiger partial charge in [-0.2, -0.15) is 0 Å². The molecule has 0 aromatic rings. The van der Waals surface area contributed by atoms with E-state index in [9.17, 15) is 4.79 Å². The van der Waals surface area contributed by atoms with Gasteiger partial charge in [0.2, 0.25) is 5.91 Å². The molecule has 3 nitrogen and oxygen atoms in total. The topological polar surface area (TPSA) is 49.3 Å². The quantitative estimate of drug-likeness (QED) is 0.637. The highest BCUT2D eigenvalue weighted by Gasteiger charge is 2.31. The van der Waals surface area contributed by atoms with E-state index in [2.05, 4.69) is 5.32 Å². The minimum Gasteiger partial charge on any atom is -0.393 e. The van der Waals surface area contributed by atoms with Crippen molar-refractivity contribution >= 4 is 5.91 Å². The Bertz CT molecular complexity index is 183. The zero-order valence-corrected chi connectivity index (χ0v) is 7.12. The smallest absolute Gasteiger partial charge is 0.223 e. The second kappa shape index (κ2) is 3.05. The van der Waals surface area contributed by atoms with Crippen LogP contribution in [0.25, 0.3) is 0 Å². The molecular formula is C9H15NO2. The van der Waals surface area contributed by atoms with Crippen LogP contribution in [-0.4, -0.2) is 23.7 Å². The average molecular weight is 169 g/mol. The summed E-state index contributed by atoms with van der Waals surface area (Å²) in [6.45, 7) is 0.770. The van der Waals surface area contributed by atoms with Gasteiger partial charge in [0.15, 0.2) is 0 Å². The van der Waals surface area contributed by atoms with E-state index >= 15 is 0 Å². The molecule has 0 spiro atoms. The van der Waals surface area contributed by atoms with Gasteiger partial charge in [0.1, 0.15) is 0 Å². The average Bonchev–Trinajstić information content (AvgIpc) is 2.77. The molecule has 0 saturated heterocycles. The number of hydrogen-bond acceptors (Lipinski definition) is 2. The van der Waals surface area contributed by atoms with E-state index in [0.717, 1.165) is 32.2 Å². The van der Waals surface area contributed by atoms with E-state index in [1.54, 1.807) is 0 Å². The number of aliphatic hydroxyl groups is 1. The first-order chi connectivity index (χ1) is 5.75. The molecule has 2 N–H and O–H groups in total. The standard InChI is InChI=1S/C9H15NO2/c11-8-3-6(4-8)5-10-9(12)7-1-2-7/h6-8,11H,1-5H2,(H,10,12). The Morgan fingerprint density at radius 1 is 1.42 bits per heavy atom. The summed E-state index contributed by atoms with van der Waals surface area (Å²) < 4.78 is 0. The van der Waals surface area contributed by atoms with Crippen molar-refractivity contribution in [3.63, 3.8) is 0 Å². The van der Waals surface area contributed by atoms with E-state index in [1.165, 1.54) is 0 Å². The highest BCUT2D eigenvalue weighted by Crippen LogP contribution is 2.30. The van der Waals surface area contributed by atoms with E-state index in [4.69, 9.17) is 5.11 Å². The van der Waals surface area contributed by atoms with Crippen LogP contribution < -0.4 is 5.32 Å². The summed E-state index contributed by atoms with van der Waals surface area (Å²) in [6.07, 6.45) is 3.77. The lowest BCUT2D eigenvalue weighted by Crippen LogP contribution is -2.38. The molecule has 2 saturated carbocycles. The van der Waals surface area contributed by atoms with Gasteiger partial charge in [-0.05, 0) is 31.6 Å². The van der Waals surface area contributed by atoms with Crippen molar-refractivity contribution in [1.29, 1.82) is 0 Å². The number of aliphatic hydroxyl groups excluding tert-OH is 1. The molecule has 0 unspecified atom stereocenters. The monoisotopic (exact) mass is 169 g/mol. The van der Waals surface area contributed by atoms with Gasteiger partial charge in [-0.25, -0.2) is 0 Å². The lowest BCUT2D eigenvalue weighted by Gasteiger charge is -2.31. The molecule has 0 aliphatic heterocycles. The summed E-state index contributed by atoms with van der Waals surface area (Å²) in [4.78, 5) is 11.2. The van der Waals surface area contributed by atoms with Crippen molar-refractivity contribution in [2.24, 2.45) is 11.8 Å². The Morgan fingerprint density at radius 2 is 2.08 bits per heavy atom. The van der Waals surface area contributed by atoms with Crippen molar-refractivity contribution in [3.8, 4) is 0 Å². The fourth-order valence-corrected chi connectivity index (χ4v) is 1.60. The van der Waals surface area contributed by atoms with Gasteiger partial charge in [-0.1, -0.05) is 0 Å². The number of carbonyl (C=O) groups is 1. The number of nitrogens with one attached hydrogen (secondary N) is 1. The Labute approximate surface area is 72.2 Å². The Morgan fingerprint density at radius 3 is 2.58 bits per heavy atom. The van der Waals surface area contributed by atoms with Crippen LogP contribution in [0.1, 0.15) is 25.7 Å². The third kappa shape index (κ3) is 1.78. The lowest BCUT2D eigenvalue weighted by atomic mass is 9.82. The molecule has 2 rings (SSSR count). The molecule has 68 valence electrons. The molecule has 0 radical (unpaired) electrons. The first-order valence-electron chi connectivity index (χ1n) is 4.71. The van der Waals surface area contributed by atoms with Crippen LogP contribution in [0.5, 0.6) is 0 Å². The Balaban J connectivity index is 1.59. The Hall–Kier alpha value is -0.570. The number of rotatable bonds is 3. The van der Waals surface area contributed by atoms with Crippen LogP contribution in [-0.2, 0) is 4.79 Å². The highest BCUT2D eigenvalue weighted by molar-refractivity contribution is 5.80. The van der Waals surface area contributed by atoms with Crippen molar-refractivity contribution in [1.82, 2.24) is 5.32 Å². The zero-order chi connectivity index (χ0) is 8.55. The maximum atomic E-state index is 11.2. The first-order valence-corrected chi connectivity index (χ1v) is 4.71. The van der Waals surface area contributed by atoms with Gasteiger partial charge < -0.3 is 10.4 Å². The second-order valence-corrected chi connectivity index (χ2v) is 4.01. The van der Waals surface area contributed by atoms with Crippen molar-refractivity contribution in [2.75, 3.05) is 6.54 Å². The van der Waals surface area contributed by atoms with Crippen molar-refractivity contribution < 1.29 is 9.90 Å². The maximum absolute atomic E-state index is 11.2. The predicted octanol–water partition coefficient (Wildman–Crippen LogP) is 0.283. The third-order valence-electron chi connectivity index (χ3n) is 2.72. The third-order valence-corrected chi connectivity index (χ3v) is 2.72. The van der Waals surface area contributed by atoms with Gasteiger partial charge >= 0.3 is 0 Å². The maximum Gasteiger partial charge on any atom is 0.223 e. The normalized spacial score (nSPS) is 34.1. The molecule has 2 fully saturated rings. The van der Waals surface area contributed by atoms with Crippen LogP contribution >= 0.6 is 0 Å². The van der Waals surface area contributed by atoms with Crippen molar-refractivity contribution in [2.45, 2.75) is 31.8 Å². The lowest BCUT2D eigenvalue weighted by molar-refractivity contribution is -0.122. The summed E-state index contributed by atoms with van der Waals surface area (Å²) in [5.74, 6) is 1.06. The van der Waals surface area contributed by atoms with Crippen molar-refractivity contribution in [3.05, 3.63) is 0 Å². The summed E-state index contributed by atoms with van der Waals surface area (Å²) in [5, 5.41) is 11.9. The van der Waals surface area contributed by atoms with Crippen LogP contribution in [0.4, 0.5) is 0 Å². The number of amides is 1. The van der Waals surface area contributed by atoms with Gasteiger partial charge in [0.05, 0.1) is 6.10 Å². The molecule has 0 aromatic heterocycles. The molecule has 12 heavy (non-hydrogen) atoms. The van der Waals surface area contributed by atoms with E-state index in [-0.39, 0.29) is 12.0 Å². The molecule has 2 aliphatic rings. The van der Waals surface area contributed by atoms with Crippen LogP contribution in [0, 0.1) is 11.8 Å². The van der Waals surface area contributed by atoms with E-state index < -0.39 is 0 Å². The van der Waals surface area contributed by atoms with Gasteiger partial charge in [0.25, 0.3) is 0 Å². The first kappa shape index (κ1) is 8.05. The van der Waals surface area contributed by atoms with Gasteiger partial charge in [-0.3, -0.25) is 4.79 Å². The van der Waals surface area contributed by atoms with E-state index in [1.807, 2.05) is 0 Å². The fraction of sp³-hybridized carbons (Fsp3) is 0.889. The second-order valence-electron chi connectivity index (χ2n) is 4.01. The van der Waals surface area contributed by atoms with Crippen LogP contribution in [0.2, 0.25) is 0 Å².